The molecular weight excluding hydrogens is 350 g/mol. The van der Waals surface area contributed by atoms with Crippen molar-refractivity contribution in [1.29, 1.82) is 0 Å². The molecule has 0 bridgehead atoms. The molecule has 2 heterocycles. The van der Waals surface area contributed by atoms with Crippen LogP contribution in [0.25, 0.3) is 0 Å². The van der Waals surface area contributed by atoms with Crippen molar-refractivity contribution in [2.45, 2.75) is 18.6 Å². The smallest absolute Gasteiger partial charge is 0.290 e. The van der Waals surface area contributed by atoms with E-state index in [-0.39, 0.29) is 18.4 Å². The highest BCUT2D eigenvalue weighted by atomic mass is 16.5. The topological polar surface area (TPSA) is 93.5 Å². The Bertz CT molecular complexity index is 619. The lowest BCUT2D eigenvalue weighted by Crippen LogP contribution is -2.52. The van der Waals surface area contributed by atoms with E-state index in [4.69, 9.17) is 14.6 Å². The third kappa shape index (κ3) is 5.92. The number of methoxy groups -OCH3 is 1. The largest absolute Gasteiger partial charge is 0.497 e. The summed E-state index contributed by atoms with van der Waals surface area (Å²) in [6.45, 7) is 4.74. The molecule has 0 unspecified atom stereocenters. The lowest BCUT2D eigenvalue weighted by Gasteiger charge is -2.37. The molecule has 150 valence electrons. The van der Waals surface area contributed by atoms with Gasteiger partial charge >= 0.3 is 0 Å². The number of hydrogen-bond acceptors (Lipinski definition) is 6. The first kappa shape index (κ1) is 21.1. The average Bonchev–Trinajstić information content (AvgIpc) is 3.05. The van der Waals surface area contributed by atoms with Gasteiger partial charge in [0, 0.05) is 39.3 Å². The highest BCUT2D eigenvalue weighted by molar-refractivity contribution is 5.79. The first-order valence-electron chi connectivity index (χ1n) is 9.07. The minimum atomic E-state index is -0.456. The molecule has 0 spiro atoms. The van der Waals surface area contributed by atoms with Gasteiger partial charge in [-0.25, -0.2) is 0 Å². The average molecular weight is 379 g/mol. The van der Waals surface area contributed by atoms with Gasteiger partial charge in [0.15, 0.2) is 0 Å². The van der Waals surface area contributed by atoms with Gasteiger partial charge in [0.1, 0.15) is 5.75 Å². The van der Waals surface area contributed by atoms with Crippen LogP contribution < -0.4 is 4.74 Å². The molecule has 2 N–H and O–H groups in total. The summed E-state index contributed by atoms with van der Waals surface area (Å²) in [5.74, 6) is 0.830. The van der Waals surface area contributed by atoms with Gasteiger partial charge in [-0.15, -0.1) is 0 Å². The van der Waals surface area contributed by atoms with Gasteiger partial charge in [-0.05, 0) is 24.7 Å². The van der Waals surface area contributed by atoms with Crippen molar-refractivity contribution in [3.8, 4) is 5.75 Å². The summed E-state index contributed by atoms with van der Waals surface area (Å²) in [6, 6.07) is 7.66. The summed E-state index contributed by atoms with van der Waals surface area (Å²) in [7, 11) is 3.74. The number of aliphatic hydroxyl groups is 1. The Balaban J connectivity index is 0.000000817. The summed E-state index contributed by atoms with van der Waals surface area (Å²) in [6.07, 6.45) is -0.109. The molecule has 2 atom stereocenters. The summed E-state index contributed by atoms with van der Waals surface area (Å²) in [4.78, 5) is 27.4. The quantitative estimate of drug-likeness (QED) is 0.697. The number of β-amino-alcohol motifs (C(OH)–C–C–N with tert-alkyl or cyclic N) is 1. The maximum Gasteiger partial charge on any atom is 0.290 e. The molecule has 1 aromatic carbocycles. The number of piperazine rings is 1. The van der Waals surface area contributed by atoms with Crippen LogP contribution >= 0.6 is 0 Å². The van der Waals surface area contributed by atoms with Crippen LogP contribution in [0.2, 0.25) is 0 Å². The number of amides is 1. The molecule has 0 aromatic heterocycles. The summed E-state index contributed by atoms with van der Waals surface area (Å²) >= 11 is 0. The highest BCUT2D eigenvalue weighted by Gasteiger charge is 2.38. The van der Waals surface area contributed by atoms with E-state index in [1.807, 2.05) is 24.3 Å². The number of likely N-dealkylation sites (N-methyl/N-ethyl adjacent to an activating group) is 1. The van der Waals surface area contributed by atoms with E-state index in [9.17, 15) is 9.90 Å². The van der Waals surface area contributed by atoms with Crippen LogP contribution in [-0.4, -0.2) is 103 Å². The number of ether oxygens (including phenoxy) is 1. The van der Waals surface area contributed by atoms with E-state index in [1.54, 1.807) is 12.0 Å². The molecule has 3 rings (SSSR count). The number of rotatable bonds is 4. The van der Waals surface area contributed by atoms with Crippen molar-refractivity contribution in [2.24, 2.45) is 0 Å². The highest BCUT2D eigenvalue weighted by Crippen LogP contribution is 2.20. The van der Waals surface area contributed by atoms with Crippen molar-refractivity contribution in [3.63, 3.8) is 0 Å². The van der Waals surface area contributed by atoms with E-state index in [0.717, 1.165) is 37.5 Å². The van der Waals surface area contributed by atoms with Crippen molar-refractivity contribution in [2.75, 3.05) is 53.4 Å². The normalized spacial score (nSPS) is 23.4. The van der Waals surface area contributed by atoms with Gasteiger partial charge < -0.3 is 24.7 Å². The molecule has 2 fully saturated rings. The fourth-order valence-corrected chi connectivity index (χ4v) is 3.55. The van der Waals surface area contributed by atoms with Crippen LogP contribution in [0.1, 0.15) is 5.56 Å². The maximum atomic E-state index is 12.6. The van der Waals surface area contributed by atoms with Crippen molar-refractivity contribution in [3.05, 3.63) is 29.8 Å². The number of benzene rings is 1. The van der Waals surface area contributed by atoms with E-state index < -0.39 is 6.10 Å². The van der Waals surface area contributed by atoms with Crippen LogP contribution in [0.5, 0.6) is 5.75 Å². The lowest BCUT2D eigenvalue weighted by atomic mass is 10.1. The van der Waals surface area contributed by atoms with Gasteiger partial charge in [-0.1, -0.05) is 12.1 Å². The molecular formula is C19H29N3O5. The predicted molar refractivity (Wildman–Crippen MR) is 101 cm³/mol. The monoisotopic (exact) mass is 379 g/mol. The van der Waals surface area contributed by atoms with Gasteiger partial charge in [0.25, 0.3) is 6.47 Å². The summed E-state index contributed by atoms with van der Waals surface area (Å²) in [5.41, 5.74) is 0.942. The van der Waals surface area contributed by atoms with Crippen LogP contribution in [-0.2, 0) is 16.0 Å². The van der Waals surface area contributed by atoms with Gasteiger partial charge in [0.2, 0.25) is 5.91 Å². The third-order valence-corrected chi connectivity index (χ3v) is 5.11. The number of carboxylic acid groups (broad SMARTS) is 1. The van der Waals surface area contributed by atoms with Crippen LogP contribution in [0.15, 0.2) is 24.3 Å². The Hall–Kier alpha value is -2.16. The molecule has 2 aliphatic rings. The molecule has 1 aromatic rings. The van der Waals surface area contributed by atoms with Gasteiger partial charge in [-0.2, -0.15) is 0 Å². The lowest BCUT2D eigenvalue weighted by molar-refractivity contribution is -0.130. The Labute approximate surface area is 159 Å². The SMILES string of the molecule is COc1cccc(CC(=O)N2C[C@@H](O)[C@H](N3CCN(C)CC3)C2)c1.O=CO. The van der Waals surface area contributed by atoms with E-state index in [1.165, 1.54) is 0 Å². The minimum Gasteiger partial charge on any atom is -0.497 e. The van der Waals surface area contributed by atoms with Gasteiger partial charge in [0.05, 0.1) is 25.7 Å². The molecule has 8 nitrogen and oxygen atoms in total. The molecule has 0 radical (unpaired) electrons. The van der Waals surface area contributed by atoms with Crippen molar-refractivity contribution in [1.82, 2.24) is 14.7 Å². The minimum absolute atomic E-state index is 0.0629. The van der Waals surface area contributed by atoms with Crippen LogP contribution in [0, 0.1) is 0 Å². The van der Waals surface area contributed by atoms with Crippen molar-refractivity contribution < 1.29 is 24.5 Å². The van der Waals surface area contributed by atoms with Crippen LogP contribution in [0.3, 0.4) is 0 Å². The van der Waals surface area contributed by atoms with E-state index in [2.05, 4.69) is 16.8 Å². The Kier molecular flexibility index (Phi) is 8.02. The van der Waals surface area contributed by atoms with E-state index in [0.29, 0.717) is 19.5 Å². The second-order valence-electron chi connectivity index (χ2n) is 6.91. The fraction of sp³-hybridized carbons (Fsp3) is 0.579. The molecule has 0 aliphatic carbocycles. The number of carbonyl (C=O) groups excluding carboxylic acids is 1. The number of carbonyl (C=O) groups is 2. The van der Waals surface area contributed by atoms with E-state index >= 15 is 0 Å². The second-order valence-corrected chi connectivity index (χ2v) is 6.91. The third-order valence-electron chi connectivity index (χ3n) is 5.11. The first-order valence-corrected chi connectivity index (χ1v) is 9.07. The molecule has 2 aliphatic heterocycles. The summed E-state index contributed by atoms with van der Waals surface area (Å²) < 4.78 is 5.21. The number of nitrogens with zero attached hydrogens (tertiary/aromatic N) is 3. The Morgan fingerprint density at radius 3 is 2.56 bits per heavy atom. The molecule has 2 saturated heterocycles. The number of hydrogen-bond donors (Lipinski definition) is 2. The zero-order chi connectivity index (χ0) is 19.8. The zero-order valence-electron chi connectivity index (χ0n) is 16.0. The molecule has 0 saturated carbocycles. The molecule has 27 heavy (non-hydrogen) atoms. The zero-order valence-corrected chi connectivity index (χ0v) is 16.0. The van der Waals surface area contributed by atoms with Gasteiger partial charge in [-0.3, -0.25) is 14.5 Å². The standard InChI is InChI=1S/C18H27N3O3.CH2O2/c1-19-6-8-20(9-7-19)16-12-21(13-17(16)22)18(23)11-14-4-3-5-15(10-14)24-2;2-1-3/h3-5,10,16-17,22H,6-9,11-13H2,1-2H3;1H,(H,2,3)/t16-,17-;/m1./s1. The maximum absolute atomic E-state index is 12.6. The summed E-state index contributed by atoms with van der Waals surface area (Å²) in [5, 5.41) is 17.3. The Morgan fingerprint density at radius 2 is 1.93 bits per heavy atom. The molecule has 1 amide bonds. The van der Waals surface area contributed by atoms with Crippen molar-refractivity contribution >= 4 is 12.4 Å². The first-order chi connectivity index (χ1) is 13.0. The number of aliphatic hydroxyl groups excluding tert-OH is 1. The molecule has 8 heteroatoms. The number of likely N-dealkylation sites (tertiary alicyclic amines) is 1. The van der Waals surface area contributed by atoms with Crippen LogP contribution in [0.4, 0.5) is 0 Å². The fourth-order valence-electron chi connectivity index (χ4n) is 3.55. The predicted octanol–water partition coefficient (Wildman–Crippen LogP) is -0.242. The second kappa shape index (κ2) is 10.2. The Morgan fingerprint density at radius 1 is 1.26 bits per heavy atom.